The van der Waals surface area contributed by atoms with Crippen molar-refractivity contribution in [2.24, 2.45) is 17.3 Å². The van der Waals surface area contributed by atoms with Crippen LogP contribution in [0.3, 0.4) is 0 Å². The molecule has 3 aliphatic rings. The SMILES string of the molecule is C[C@]12CC[C@@H]3c4ccc(OC(=O)N(CCCl)CCCl)cc4CC[C@H]3[C@@H]1CC[C@@H]2OP(=O)([O-])[O-].O=C(Cn1ccnc1[N+](=O)[O-])NCCO.[Na+].[Na+]. The van der Waals surface area contributed by atoms with Crippen molar-refractivity contribution in [1.29, 1.82) is 0 Å². The van der Waals surface area contributed by atoms with Gasteiger partial charge in [-0.05, 0) is 89.9 Å². The van der Waals surface area contributed by atoms with Gasteiger partial charge in [0.25, 0.3) is 5.91 Å². The third-order valence-electron chi connectivity index (χ3n) is 9.64. The number of aliphatic hydroxyl groups is 1. The standard InChI is InChI=1S/C23H32Cl2NO6P.C7H10N4O4.2Na/c1-23-9-8-18-17-5-3-16(31-22(27)26(12-10-24)13-11-25)14-15(17)2-4-19(18)20(23)6-7-21(23)32-33(28,29)30;12-4-2-8-6(13)5-10-3-1-9-7(10)11(14)15;;/h3,5,14,18-21H,2,4,6-13H2,1H3,(H2,28,29,30);1,3,12H,2,4-5H2,(H,8,13);;/q;;2*+1/p-2/t18-,19-,20+,21+,23+;;;/m1.../s1. The third kappa shape index (κ3) is 11.6. The van der Waals surface area contributed by atoms with E-state index in [-0.39, 0.29) is 90.2 Å². The number of rotatable bonds is 12. The summed E-state index contributed by atoms with van der Waals surface area (Å²) in [5.41, 5.74) is 2.20. The van der Waals surface area contributed by atoms with Crippen LogP contribution in [0, 0.1) is 27.4 Å². The molecule has 0 unspecified atom stereocenters. The Morgan fingerprint density at radius 1 is 1.18 bits per heavy atom. The summed E-state index contributed by atoms with van der Waals surface area (Å²) in [4.78, 5) is 60.9. The number of benzene rings is 1. The molecular formula is C30H40Cl2N5Na2O10P. The summed E-state index contributed by atoms with van der Waals surface area (Å²) in [7, 11) is -5.00. The van der Waals surface area contributed by atoms with Crippen LogP contribution in [0.5, 0.6) is 5.75 Å². The Morgan fingerprint density at radius 2 is 1.88 bits per heavy atom. The van der Waals surface area contributed by atoms with E-state index < -0.39 is 30.9 Å². The van der Waals surface area contributed by atoms with Gasteiger partial charge in [-0.3, -0.25) is 4.79 Å². The molecule has 5 rings (SSSR count). The summed E-state index contributed by atoms with van der Waals surface area (Å²) < 4.78 is 23.0. The molecule has 1 aromatic carbocycles. The van der Waals surface area contributed by atoms with Crippen LogP contribution in [0.4, 0.5) is 10.7 Å². The zero-order chi connectivity index (χ0) is 35.1. The maximum atomic E-state index is 12.5. The fourth-order valence-corrected chi connectivity index (χ4v) is 8.64. The molecule has 2 N–H and O–H groups in total. The number of aryl methyl sites for hydroxylation is 1. The Morgan fingerprint density at radius 3 is 2.50 bits per heavy atom. The minimum atomic E-state index is -5.00. The van der Waals surface area contributed by atoms with Crippen molar-refractivity contribution in [3.05, 3.63) is 51.8 Å². The number of ether oxygens (including phenoxy) is 1. The second-order valence-corrected chi connectivity index (χ2v) is 14.2. The first-order valence-electron chi connectivity index (χ1n) is 15.8. The van der Waals surface area contributed by atoms with E-state index in [1.807, 2.05) is 12.1 Å². The molecule has 1 aromatic heterocycles. The number of nitro groups is 1. The average Bonchev–Trinajstić information content (AvgIpc) is 3.63. The quantitative estimate of drug-likeness (QED) is 0.0727. The number of carbonyl (C=O) groups is 2. The first-order valence-corrected chi connectivity index (χ1v) is 18.3. The van der Waals surface area contributed by atoms with Crippen molar-refractivity contribution >= 4 is 49.0 Å². The molecule has 3 aliphatic carbocycles. The molecule has 2 amide bonds. The van der Waals surface area contributed by atoms with E-state index in [1.54, 1.807) is 0 Å². The second kappa shape index (κ2) is 20.6. The Balaban J connectivity index is 0.000000433. The molecule has 2 fully saturated rings. The van der Waals surface area contributed by atoms with Crippen molar-refractivity contribution in [2.45, 2.75) is 64.0 Å². The predicted molar refractivity (Wildman–Crippen MR) is 172 cm³/mol. The molecule has 0 saturated heterocycles. The molecule has 15 nitrogen and oxygen atoms in total. The number of hydrogen-bond acceptors (Lipinski definition) is 11. The summed E-state index contributed by atoms with van der Waals surface area (Å²) in [5, 5.41) is 21.2. The van der Waals surface area contributed by atoms with E-state index >= 15 is 0 Å². The van der Waals surface area contributed by atoms with Gasteiger partial charge in [0.05, 0.1) is 20.5 Å². The Labute approximate surface area is 345 Å². The second-order valence-electron chi connectivity index (χ2n) is 12.4. The Kier molecular flexibility index (Phi) is 18.7. The van der Waals surface area contributed by atoms with Crippen LogP contribution in [-0.2, 0) is 26.8 Å². The fraction of sp³-hybridized carbons (Fsp3) is 0.633. The number of alkyl halides is 2. The molecule has 0 radical (unpaired) electrons. The minimum absolute atomic E-state index is 0. The molecule has 2 aromatic rings. The fourth-order valence-electron chi connectivity index (χ4n) is 7.57. The van der Waals surface area contributed by atoms with E-state index in [4.69, 9.17) is 37.6 Å². The Bertz CT molecular complexity index is 1500. The third-order valence-corrected chi connectivity index (χ3v) is 10.5. The van der Waals surface area contributed by atoms with Crippen LogP contribution in [-0.4, -0.2) is 80.6 Å². The number of fused-ring (bicyclic) bond motifs is 5. The van der Waals surface area contributed by atoms with Crippen molar-refractivity contribution in [2.75, 3.05) is 38.0 Å². The molecule has 50 heavy (non-hydrogen) atoms. The molecule has 1 heterocycles. The number of amides is 2. The monoisotopic (exact) mass is 777 g/mol. The van der Waals surface area contributed by atoms with E-state index in [1.165, 1.54) is 28.4 Å². The topological polar surface area (TPSA) is 212 Å². The molecule has 0 spiro atoms. The van der Waals surface area contributed by atoms with Gasteiger partial charge in [-0.2, -0.15) is 0 Å². The smallest absolute Gasteiger partial charge is 0.790 e. The number of aromatic nitrogens is 2. The van der Waals surface area contributed by atoms with Gasteiger partial charge in [-0.15, -0.1) is 23.2 Å². The summed E-state index contributed by atoms with van der Waals surface area (Å²) in [6, 6.07) is 5.87. The number of aliphatic hydroxyl groups excluding tert-OH is 1. The molecule has 0 aliphatic heterocycles. The van der Waals surface area contributed by atoms with Gasteiger partial charge in [0, 0.05) is 31.4 Å². The van der Waals surface area contributed by atoms with E-state index in [9.17, 15) is 34.1 Å². The van der Waals surface area contributed by atoms with Crippen molar-refractivity contribution in [1.82, 2.24) is 19.8 Å². The van der Waals surface area contributed by atoms with Gasteiger partial charge < -0.3 is 49.1 Å². The normalized spacial score (nSPS) is 23.3. The number of imidazole rings is 1. The maximum absolute atomic E-state index is 12.5. The zero-order valence-electron chi connectivity index (χ0n) is 28.5. The summed E-state index contributed by atoms with van der Waals surface area (Å²) in [6.45, 7) is 2.61. The predicted octanol–water partition coefficient (Wildman–Crippen LogP) is -3.06. The number of carbonyl (C=O) groups excluding carboxylic acids is 2. The molecular weight excluding hydrogens is 738 g/mol. The molecule has 20 heteroatoms. The number of phosphoric acid groups is 1. The number of phosphoric ester groups is 1. The van der Waals surface area contributed by atoms with Crippen LogP contribution >= 0.6 is 31.0 Å². The number of halogens is 2. The van der Waals surface area contributed by atoms with Crippen molar-refractivity contribution in [3.8, 4) is 5.75 Å². The van der Waals surface area contributed by atoms with Gasteiger partial charge in [0.1, 0.15) is 18.1 Å². The van der Waals surface area contributed by atoms with Crippen LogP contribution in [0.25, 0.3) is 0 Å². The molecule has 5 atom stereocenters. The first kappa shape index (κ1) is 45.4. The van der Waals surface area contributed by atoms with Crippen molar-refractivity contribution in [3.63, 3.8) is 0 Å². The first-order chi connectivity index (χ1) is 22.8. The molecule has 0 bridgehead atoms. The van der Waals surface area contributed by atoms with E-state index in [0.717, 1.165) is 36.7 Å². The minimum Gasteiger partial charge on any atom is -0.790 e. The number of nitrogens with one attached hydrogen (secondary N) is 1. The summed E-state index contributed by atoms with van der Waals surface area (Å²) >= 11 is 11.6. The van der Waals surface area contributed by atoms with Gasteiger partial charge in [0.2, 0.25) is 0 Å². The van der Waals surface area contributed by atoms with Gasteiger partial charge >= 0.3 is 71.2 Å². The Hall–Kier alpha value is -0.780. The largest absolute Gasteiger partial charge is 1.00 e. The van der Waals surface area contributed by atoms with Crippen LogP contribution < -0.4 is 79.0 Å². The van der Waals surface area contributed by atoms with Crippen LogP contribution in [0.2, 0.25) is 0 Å². The van der Waals surface area contributed by atoms with Crippen molar-refractivity contribution < 1.29 is 102 Å². The molecule has 2 saturated carbocycles. The van der Waals surface area contributed by atoms with Crippen LogP contribution in [0.1, 0.15) is 56.1 Å². The number of nitrogens with zero attached hydrogens (tertiary/aromatic N) is 4. The zero-order valence-corrected chi connectivity index (χ0v) is 34.9. The summed E-state index contributed by atoms with van der Waals surface area (Å²) in [6.07, 6.45) is 6.71. The van der Waals surface area contributed by atoms with Crippen LogP contribution in [0.15, 0.2) is 30.6 Å². The van der Waals surface area contributed by atoms with E-state index in [2.05, 4.69) is 23.3 Å². The van der Waals surface area contributed by atoms with E-state index in [0.29, 0.717) is 54.8 Å². The maximum Gasteiger partial charge on any atom is 1.00 e. The van der Waals surface area contributed by atoms with Gasteiger partial charge in [-0.1, -0.05) is 18.0 Å². The van der Waals surface area contributed by atoms with Gasteiger partial charge in [-0.25, -0.2) is 9.36 Å². The number of hydrogen-bond donors (Lipinski definition) is 2. The average molecular weight is 779 g/mol. The summed E-state index contributed by atoms with van der Waals surface area (Å²) in [5.74, 6) is 1.49. The molecule has 266 valence electrons. The van der Waals surface area contributed by atoms with Gasteiger partial charge in [0.15, 0.2) is 6.54 Å².